The maximum absolute atomic E-state index is 12.3. The summed E-state index contributed by atoms with van der Waals surface area (Å²) in [6, 6.07) is 0.249. The molecular weight excluding hydrogens is 236 g/mol. The van der Waals surface area contributed by atoms with E-state index >= 15 is 0 Å². The van der Waals surface area contributed by atoms with Crippen molar-refractivity contribution in [1.29, 1.82) is 0 Å². The minimum Gasteiger partial charge on any atom is -0.330 e. The number of hydrogen-bond donors (Lipinski definition) is 1. The Labute approximate surface area is 106 Å². The lowest BCUT2D eigenvalue weighted by Crippen LogP contribution is -2.46. The van der Waals surface area contributed by atoms with E-state index in [9.17, 15) is 8.42 Å². The normalized spacial score (nSPS) is 17.7. The Morgan fingerprint density at radius 1 is 1.35 bits per heavy atom. The third-order valence-corrected chi connectivity index (χ3v) is 5.32. The summed E-state index contributed by atoms with van der Waals surface area (Å²) in [6.45, 7) is 5.27. The molecule has 17 heavy (non-hydrogen) atoms. The van der Waals surface area contributed by atoms with E-state index in [4.69, 9.17) is 5.73 Å². The molecule has 4 nitrogen and oxygen atoms in total. The van der Waals surface area contributed by atoms with Gasteiger partial charge in [-0.2, -0.15) is 4.31 Å². The summed E-state index contributed by atoms with van der Waals surface area (Å²) in [6.07, 6.45) is 4.70. The zero-order valence-corrected chi connectivity index (χ0v) is 11.9. The van der Waals surface area contributed by atoms with Crippen LogP contribution in [0.3, 0.4) is 0 Å². The Kier molecular flexibility index (Phi) is 5.89. The number of rotatable bonds is 8. The molecule has 0 radical (unpaired) electrons. The third-order valence-electron chi connectivity index (χ3n) is 3.38. The highest BCUT2D eigenvalue weighted by atomic mass is 32.2. The van der Waals surface area contributed by atoms with Crippen LogP contribution in [0, 0.1) is 5.92 Å². The summed E-state index contributed by atoms with van der Waals surface area (Å²) in [4.78, 5) is 0. The first-order chi connectivity index (χ1) is 7.97. The van der Waals surface area contributed by atoms with Gasteiger partial charge in [-0.15, -0.1) is 0 Å². The third kappa shape index (κ3) is 4.56. The topological polar surface area (TPSA) is 63.4 Å². The fourth-order valence-electron chi connectivity index (χ4n) is 1.97. The molecule has 0 spiro atoms. The molecular formula is C12H26N2O2S. The van der Waals surface area contributed by atoms with E-state index in [0.717, 1.165) is 32.1 Å². The number of nitrogens with two attached hydrogens (primary N) is 1. The first kappa shape index (κ1) is 14.9. The summed E-state index contributed by atoms with van der Waals surface area (Å²) in [5, 5.41) is 0. The monoisotopic (exact) mass is 262 g/mol. The van der Waals surface area contributed by atoms with Crippen molar-refractivity contribution in [2.45, 2.75) is 52.0 Å². The van der Waals surface area contributed by atoms with Gasteiger partial charge in [-0.05, 0) is 38.1 Å². The van der Waals surface area contributed by atoms with Crippen LogP contribution in [0.2, 0.25) is 0 Å². The molecule has 1 fully saturated rings. The molecule has 0 heterocycles. The van der Waals surface area contributed by atoms with Gasteiger partial charge in [-0.3, -0.25) is 0 Å². The van der Waals surface area contributed by atoms with Crippen LogP contribution in [0.25, 0.3) is 0 Å². The molecule has 5 heteroatoms. The second kappa shape index (κ2) is 6.71. The summed E-state index contributed by atoms with van der Waals surface area (Å²) in [7, 11) is -3.07. The van der Waals surface area contributed by atoms with Crippen molar-refractivity contribution in [3.05, 3.63) is 0 Å². The Balaban J connectivity index is 2.59. The molecule has 0 saturated heterocycles. The molecule has 0 aromatic rings. The second-order valence-electron chi connectivity index (χ2n) is 5.34. The summed E-state index contributed by atoms with van der Waals surface area (Å²) >= 11 is 0. The Bertz CT molecular complexity index is 310. The molecule has 0 aromatic heterocycles. The van der Waals surface area contributed by atoms with E-state index in [-0.39, 0.29) is 11.8 Å². The zero-order valence-electron chi connectivity index (χ0n) is 11.1. The first-order valence-corrected chi connectivity index (χ1v) is 8.28. The van der Waals surface area contributed by atoms with Gasteiger partial charge >= 0.3 is 0 Å². The maximum Gasteiger partial charge on any atom is 0.214 e. The molecule has 1 aliphatic carbocycles. The van der Waals surface area contributed by atoms with Crippen LogP contribution in [0.1, 0.15) is 46.0 Å². The largest absolute Gasteiger partial charge is 0.330 e. The Morgan fingerprint density at radius 2 is 2.00 bits per heavy atom. The summed E-state index contributed by atoms with van der Waals surface area (Å²) in [5.41, 5.74) is 5.48. The van der Waals surface area contributed by atoms with E-state index in [1.54, 1.807) is 4.31 Å². The van der Waals surface area contributed by atoms with E-state index in [0.29, 0.717) is 19.0 Å². The van der Waals surface area contributed by atoms with Crippen molar-refractivity contribution in [1.82, 2.24) is 4.31 Å². The highest BCUT2D eigenvalue weighted by Gasteiger charge is 2.32. The van der Waals surface area contributed by atoms with Crippen LogP contribution in [-0.2, 0) is 10.0 Å². The fraction of sp³-hybridized carbons (Fsp3) is 1.00. The van der Waals surface area contributed by atoms with Crippen LogP contribution < -0.4 is 5.73 Å². The van der Waals surface area contributed by atoms with E-state index in [1.807, 2.05) is 0 Å². The highest BCUT2D eigenvalue weighted by Crippen LogP contribution is 2.27. The number of nitrogens with zero attached hydrogens (tertiary/aromatic N) is 1. The average Bonchev–Trinajstić information content (AvgIpc) is 2.18. The van der Waals surface area contributed by atoms with Crippen LogP contribution in [0.5, 0.6) is 0 Å². The fourth-order valence-corrected chi connectivity index (χ4v) is 4.05. The Morgan fingerprint density at radius 3 is 2.41 bits per heavy atom. The summed E-state index contributed by atoms with van der Waals surface area (Å²) < 4.78 is 26.2. The zero-order chi connectivity index (χ0) is 12.9. The van der Waals surface area contributed by atoms with Gasteiger partial charge in [0.15, 0.2) is 0 Å². The van der Waals surface area contributed by atoms with Crippen LogP contribution in [0.15, 0.2) is 0 Å². The smallest absolute Gasteiger partial charge is 0.214 e. The van der Waals surface area contributed by atoms with Crippen molar-refractivity contribution in [3.63, 3.8) is 0 Å². The minimum atomic E-state index is -3.07. The lowest BCUT2D eigenvalue weighted by atomic mass is 9.93. The van der Waals surface area contributed by atoms with Crippen molar-refractivity contribution >= 4 is 10.0 Å². The first-order valence-electron chi connectivity index (χ1n) is 6.67. The second-order valence-corrected chi connectivity index (χ2v) is 7.38. The van der Waals surface area contributed by atoms with Crippen LogP contribution in [-0.4, -0.2) is 37.6 Å². The van der Waals surface area contributed by atoms with Gasteiger partial charge in [0.05, 0.1) is 5.75 Å². The lowest BCUT2D eigenvalue weighted by molar-refractivity contribution is 0.218. The maximum atomic E-state index is 12.3. The van der Waals surface area contributed by atoms with Crippen molar-refractivity contribution in [3.8, 4) is 0 Å². The average molecular weight is 262 g/mol. The van der Waals surface area contributed by atoms with Gasteiger partial charge in [0.1, 0.15) is 0 Å². The molecule has 0 amide bonds. The minimum absolute atomic E-state index is 0.249. The predicted molar refractivity (Wildman–Crippen MR) is 71.3 cm³/mol. The molecule has 0 aliphatic heterocycles. The molecule has 0 unspecified atom stereocenters. The van der Waals surface area contributed by atoms with Gasteiger partial charge in [0.2, 0.25) is 10.0 Å². The quantitative estimate of drug-likeness (QED) is 0.722. The standard InChI is InChI=1S/C12H26N2O2S/c1-11(2)7-10-17(15,16)14(9-4-8-13)12-5-3-6-12/h11-12H,3-10,13H2,1-2H3. The van der Waals surface area contributed by atoms with E-state index in [2.05, 4.69) is 13.8 Å². The molecule has 1 rings (SSSR count). The predicted octanol–water partition coefficient (Wildman–Crippen LogP) is 1.57. The van der Waals surface area contributed by atoms with Gasteiger partial charge in [0.25, 0.3) is 0 Å². The van der Waals surface area contributed by atoms with Gasteiger partial charge in [-0.25, -0.2) is 8.42 Å². The number of sulfonamides is 1. The SMILES string of the molecule is CC(C)CCS(=O)(=O)N(CCCN)C1CCC1. The molecule has 2 N–H and O–H groups in total. The molecule has 0 aromatic carbocycles. The van der Waals surface area contributed by atoms with Crippen molar-refractivity contribution < 1.29 is 8.42 Å². The van der Waals surface area contributed by atoms with Gasteiger partial charge in [-0.1, -0.05) is 20.3 Å². The molecule has 0 atom stereocenters. The lowest BCUT2D eigenvalue weighted by Gasteiger charge is -2.36. The summed E-state index contributed by atoms with van der Waals surface area (Å²) in [5.74, 6) is 0.716. The molecule has 1 aliphatic rings. The van der Waals surface area contributed by atoms with E-state index < -0.39 is 10.0 Å². The molecule has 102 valence electrons. The van der Waals surface area contributed by atoms with Crippen LogP contribution in [0.4, 0.5) is 0 Å². The van der Waals surface area contributed by atoms with Gasteiger partial charge < -0.3 is 5.73 Å². The molecule has 1 saturated carbocycles. The van der Waals surface area contributed by atoms with Gasteiger partial charge in [0, 0.05) is 12.6 Å². The van der Waals surface area contributed by atoms with Crippen LogP contribution >= 0.6 is 0 Å². The number of hydrogen-bond acceptors (Lipinski definition) is 3. The highest BCUT2D eigenvalue weighted by molar-refractivity contribution is 7.89. The van der Waals surface area contributed by atoms with Crippen molar-refractivity contribution in [2.75, 3.05) is 18.8 Å². The van der Waals surface area contributed by atoms with E-state index in [1.165, 1.54) is 0 Å². The molecule has 0 bridgehead atoms. The Hall–Kier alpha value is -0.130. The van der Waals surface area contributed by atoms with Crippen molar-refractivity contribution in [2.24, 2.45) is 11.7 Å².